The van der Waals surface area contributed by atoms with Gasteiger partial charge in [0, 0.05) is 13.0 Å². The van der Waals surface area contributed by atoms with Crippen LogP contribution in [0.15, 0.2) is 0 Å². The fourth-order valence-electron chi connectivity index (χ4n) is 2.03. The Morgan fingerprint density at radius 3 is 2.81 bits per heavy atom. The highest BCUT2D eigenvalue weighted by Gasteiger charge is 2.23. The Morgan fingerprint density at radius 2 is 2.19 bits per heavy atom. The van der Waals surface area contributed by atoms with Crippen LogP contribution in [0.5, 0.6) is 0 Å². The van der Waals surface area contributed by atoms with Gasteiger partial charge in [-0.1, -0.05) is 13.3 Å². The predicted octanol–water partition coefficient (Wildman–Crippen LogP) is 1.59. The van der Waals surface area contributed by atoms with Crippen molar-refractivity contribution in [3.8, 4) is 0 Å². The maximum absolute atomic E-state index is 11.7. The van der Waals surface area contributed by atoms with Crippen molar-refractivity contribution in [1.82, 2.24) is 4.90 Å². The molecule has 1 atom stereocenters. The number of rotatable bonds is 4. The number of likely N-dealkylation sites (tertiary alicyclic amines) is 1. The lowest BCUT2D eigenvalue weighted by atomic mass is 9.98. The molecular weight excluding hydrogens is 206 g/mol. The standard InChI is InChI=1S/C12H21NO3/c1-3-10-5-6-11(14)13(8-7-10)9-12(15)16-4-2/h10H,3-9H2,1-2H3. The molecule has 0 aromatic carbocycles. The van der Waals surface area contributed by atoms with Crippen LogP contribution < -0.4 is 0 Å². The second kappa shape index (κ2) is 6.51. The van der Waals surface area contributed by atoms with Gasteiger partial charge in [0.05, 0.1) is 6.61 Å². The van der Waals surface area contributed by atoms with E-state index in [-0.39, 0.29) is 18.4 Å². The van der Waals surface area contributed by atoms with E-state index < -0.39 is 0 Å². The highest BCUT2D eigenvalue weighted by atomic mass is 16.5. The van der Waals surface area contributed by atoms with Gasteiger partial charge in [-0.15, -0.1) is 0 Å². The maximum atomic E-state index is 11.7. The van der Waals surface area contributed by atoms with E-state index in [4.69, 9.17) is 4.74 Å². The summed E-state index contributed by atoms with van der Waals surface area (Å²) in [5, 5.41) is 0. The normalized spacial score (nSPS) is 21.8. The molecule has 1 saturated heterocycles. The summed E-state index contributed by atoms with van der Waals surface area (Å²) in [6.45, 7) is 5.10. The summed E-state index contributed by atoms with van der Waals surface area (Å²) in [5.74, 6) is 0.408. The van der Waals surface area contributed by atoms with E-state index in [1.165, 1.54) is 0 Å². The van der Waals surface area contributed by atoms with Gasteiger partial charge in [-0.25, -0.2) is 0 Å². The zero-order valence-electron chi connectivity index (χ0n) is 10.2. The summed E-state index contributed by atoms with van der Waals surface area (Å²) in [4.78, 5) is 24.7. The van der Waals surface area contributed by atoms with E-state index >= 15 is 0 Å². The number of hydrogen-bond donors (Lipinski definition) is 0. The Hall–Kier alpha value is -1.06. The lowest BCUT2D eigenvalue weighted by Gasteiger charge is -2.19. The van der Waals surface area contributed by atoms with Crippen molar-refractivity contribution in [2.75, 3.05) is 19.7 Å². The molecule has 4 heteroatoms. The van der Waals surface area contributed by atoms with Gasteiger partial charge in [0.1, 0.15) is 6.54 Å². The molecule has 0 radical (unpaired) electrons. The summed E-state index contributed by atoms with van der Waals surface area (Å²) in [5.41, 5.74) is 0. The van der Waals surface area contributed by atoms with Crippen molar-refractivity contribution in [3.05, 3.63) is 0 Å². The summed E-state index contributed by atoms with van der Waals surface area (Å²) in [7, 11) is 0. The molecule has 1 rings (SSSR count). The molecule has 0 bridgehead atoms. The Balaban J connectivity index is 2.46. The van der Waals surface area contributed by atoms with Gasteiger partial charge >= 0.3 is 5.97 Å². The van der Waals surface area contributed by atoms with Crippen LogP contribution in [0.3, 0.4) is 0 Å². The quantitative estimate of drug-likeness (QED) is 0.685. The van der Waals surface area contributed by atoms with Crippen LogP contribution >= 0.6 is 0 Å². The van der Waals surface area contributed by atoms with Crippen LogP contribution in [-0.4, -0.2) is 36.5 Å². The summed E-state index contributed by atoms with van der Waals surface area (Å²) >= 11 is 0. The van der Waals surface area contributed by atoms with Crippen molar-refractivity contribution in [2.45, 2.75) is 39.5 Å². The SMILES string of the molecule is CCOC(=O)CN1CCC(CC)CCC1=O. The van der Waals surface area contributed by atoms with Crippen LogP contribution in [0.25, 0.3) is 0 Å². The molecule has 0 saturated carbocycles. The van der Waals surface area contributed by atoms with Crippen molar-refractivity contribution >= 4 is 11.9 Å². The molecule has 0 N–H and O–H groups in total. The van der Waals surface area contributed by atoms with E-state index in [0.29, 0.717) is 25.5 Å². The molecule has 1 amide bonds. The van der Waals surface area contributed by atoms with Gasteiger partial charge in [0.15, 0.2) is 0 Å². The highest BCUT2D eigenvalue weighted by molar-refractivity contribution is 5.82. The lowest BCUT2D eigenvalue weighted by Crippen LogP contribution is -2.36. The van der Waals surface area contributed by atoms with Crippen molar-refractivity contribution in [2.24, 2.45) is 5.92 Å². The highest BCUT2D eigenvalue weighted by Crippen LogP contribution is 2.20. The van der Waals surface area contributed by atoms with Crippen LogP contribution in [0.4, 0.5) is 0 Å². The fraction of sp³-hybridized carbons (Fsp3) is 0.833. The van der Waals surface area contributed by atoms with E-state index in [1.54, 1.807) is 11.8 Å². The smallest absolute Gasteiger partial charge is 0.325 e. The number of esters is 1. The van der Waals surface area contributed by atoms with Crippen LogP contribution in [0.2, 0.25) is 0 Å². The first-order valence-electron chi connectivity index (χ1n) is 6.10. The van der Waals surface area contributed by atoms with Crippen LogP contribution in [-0.2, 0) is 14.3 Å². The molecular formula is C12H21NO3. The van der Waals surface area contributed by atoms with Gasteiger partial charge in [-0.3, -0.25) is 9.59 Å². The van der Waals surface area contributed by atoms with Gasteiger partial charge < -0.3 is 9.64 Å². The number of nitrogens with zero attached hydrogens (tertiary/aromatic N) is 1. The average molecular weight is 227 g/mol. The van der Waals surface area contributed by atoms with E-state index in [1.807, 2.05) is 0 Å². The van der Waals surface area contributed by atoms with Crippen molar-refractivity contribution in [1.29, 1.82) is 0 Å². The van der Waals surface area contributed by atoms with E-state index in [9.17, 15) is 9.59 Å². The van der Waals surface area contributed by atoms with Gasteiger partial charge in [-0.2, -0.15) is 0 Å². The average Bonchev–Trinajstić information content (AvgIpc) is 2.43. The molecule has 92 valence electrons. The molecule has 0 aromatic rings. The molecule has 1 heterocycles. The maximum Gasteiger partial charge on any atom is 0.325 e. The summed E-state index contributed by atoms with van der Waals surface area (Å²) in [6.07, 6.45) is 3.63. The Morgan fingerprint density at radius 1 is 1.44 bits per heavy atom. The van der Waals surface area contributed by atoms with E-state index in [2.05, 4.69) is 6.92 Å². The van der Waals surface area contributed by atoms with E-state index in [0.717, 1.165) is 19.3 Å². The molecule has 1 unspecified atom stereocenters. The molecule has 0 aliphatic carbocycles. The first-order chi connectivity index (χ1) is 7.67. The second-order valence-electron chi connectivity index (χ2n) is 4.22. The van der Waals surface area contributed by atoms with Gasteiger partial charge in [-0.05, 0) is 25.7 Å². The molecule has 0 aromatic heterocycles. The van der Waals surface area contributed by atoms with Crippen LogP contribution in [0, 0.1) is 5.92 Å². The minimum absolute atomic E-state index is 0.0870. The minimum atomic E-state index is -0.300. The predicted molar refractivity (Wildman–Crippen MR) is 60.8 cm³/mol. The molecule has 1 aliphatic heterocycles. The number of ether oxygens (including phenoxy) is 1. The van der Waals surface area contributed by atoms with Crippen LogP contribution in [0.1, 0.15) is 39.5 Å². The zero-order chi connectivity index (χ0) is 12.0. The third-order valence-corrected chi connectivity index (χ3v) is 3.13. The summed E-state index contributed by atoms with van der Waals surface area (Å²) < 4.78 is 4.85. The van der Waals surface area contributed by atoms with Crippen molar-refractivity contribution in [3.63, 3.8) is 0 Å². The first kappa shape index (κ1) is 13.0. The first-order valence-corrected chi connectivity index (χ1v) is 6.10. The van der Waals surface area contributed by atoms with Crippen molar-refractivity contribution < 1.29 is 14.3 Å². The Labute approximate surface area is 96.9 Å². The topological polar surface area (TPSA) is 46.6 Å². The number of carbonyl (C=O) groups is 2. The number of amides is 1. The Bertz CT molecular complexity index is 253. The summed E-state index contributed by atoms with van der Waals surface area (Å²) in [6, 6.07) is 0. The van der Waals surface area contributed by atoms with Gasteiger partial charge in [0.25, 0.3) is 0 Å². The minimum Gasteiger partial charge on any atom is -0.465 e. The molecule has 4 nitrogen and oxygen atoms in total. The second-order valence-corrected chi connectivity index (χ2v) is 4.22. The molecule has 16 heavy (non-hydrogen) atoms. The molecule has 0 spiro atoms. The number of carbonyl (C=O) groups excluding carboxylic acids is 2. The third-order valence-electron chi connectivity index (χ3n) is 3.13. The fourth-order valence-corrected chi connectivity index (χ4v) is 2.03. The third kappa shape index (κ3) is 3.83. The zero-order valence-corrected chi connectivity index (χ0v) is 10.2. The monoisotopic (exact) mass is 227 g/mol. The molecule has 1 fully saturated rings. The molecule has 1 aliphatic rings. The number of hydrogen-bond acceptors (Lipinski definition) is 3. The van der Waals surface area contributed by atoms with Gasteiger partial charge in [0.2, 0.25) is 5.91 Å². The Kier molecular flexibility index (Phi) is 5.29. The largest absolute Gasteiger partial charge is 0.465 e. The lowest BCUT2D eigenvalue weighted by molar-refractivity contribution is -0.148.